The van der Waals surface area contributed by atoms with Gasteiger partial charge in [0.1, 0.15) is 11.3 Å². The van der Waals surface area contributed by atoms with Gasteiger partial charge >= 0.3 is 12.1 Å². The van der Waals surface area contributed by atoms with Crippen molar-refractivity contribution in [3.05, 3.63) is 63.5 Å². The molecule has 0 aliphatic carbocycles. The maximum absolute atomic E-state index is 13.7. The van der Waals surface area contributed by atoms with E-state index in [0.29, 0.717) is 12.8 Å². The number of esters is 1. The number of carbonyl (C=O) groups is 1. The second-order valence-electron chi connectivity index (χ2n) is 6.71. The summed E-state index contributed by atoms with van der Waals surface area (Å²) in [5.41, 5.74) is -1.96. The first kappa shape index (κ1) is 21.9. The Morgan fingerprint density at radius 1 is 1.13 bits per heavy atom. The quantitative estimate of drug-likeness (QED) is 0.338. The van der Waals surface area contributed by atoms with Crippen LogP contribution in [-0.2, 0) is 11.0 Å². The summed E-state index contributed by atoms with van der Waals surface area (Å²) < 4.78 is 51.5. The minimum atomic E-state index is -4.94. The number of rotatable bonds is 5. The fraction of sp³-hybridized carbons (Fsp3) is 0.273. The fourth-order valence-electron chi connectivity index (χ4n) is 3.17. The monoisotopic (exact) mass is 438 g/mol. The molecule has 0 saturated heterocycles. The fourth-order valence-corrected chi connectivity index (χ4v) is 3.40. The van der Waals surface area contributed by atoms with Gasteiger partial charge in [0.25, 0.3) is 0 Å². The van der Waals surface area contributed by atoms with E-state index in [0.717, 1.165) is 6.07 Å². The van der Waals surface area contributed by atoms with Gasteiger partial charge in [0.15, 0.2) is 0 Å². The zero-order chi connectivity index (χ0) is 22.1. The van der Waals surface area contributed by atoms with Crippen LogP contribution in [0.25, 0.3) is 22.1 Å². The van der Waals surface area contributed by atoms with Gasteiger partial charge in [-0.2, -0.15) is 13.2 Å². The second kappa shape index (κ2) is 8.52. The SMILES string of the molecule is CCC(CC)C(=O)Oc1ccc2c(=O)c(-c3ccccc3Cl)c(C(F)(F)F)oc2c1. The van der Waals surface area contributed by atoms with Gasteiger partial charge in [-0.25, -0.2) is 0 Å². The third-order valence-corrected chi connectivity index (χ3v) is 5.13. The molecule has 3 rings (SSSR count). The lowest BCUT2D eigenvalue weighted by atomic mass is 10.0. The highest BCUT2D eigenvalue weighted by atomic mass is 35.5. The van der Waals surface area contributed by atoms with Gasteiger partial charge in [0, 0.05) is 16.7 Å². The van der Waals surface area contributed by atoms with Crippen LogP contribution < -0.4 is 10.2 Å². The molecule has 1 aromatic heterocycles. The number of carbonyl (C=O) groups excluding carboxylic acids is 1. The molecule has 0 atom stereocenters. The minimum Gasteiger partial charge on any atom is -0.450 e. The molecular weight excluding hydrogens is 421 g/mol. The summed E-state index contributed by atoms with van der Waals surface area (Å²) in [6.07, 6.45) is -3.81. The van der Waals surface area contributed by atoms with Crippen molar-refractivity contribution in [2.45, 2.75) is 32.9 Å². The summed E-state index contributed by atoms with van der Waals surface area (Å²) in [7, 11) is 0. The molecule has 3 aromatic rings. The summed E-state index contributed by atoms with van der Waals surface area (Å²) in [4.78, 5) is 25.1. The van der Waals surface area contributed by atoms with E-state index in [1.807, 2.05) is 13.8 Å². The highest BCUT2D eigenvalue weighted by Gasteiger charge is 2.39. The zero-order valence-electron chi connectivity index (χ0n) is 16.2. The Morgan fingerprint density at radius 3 is 2.40 bits per heavy atom. The van der Waals surface area contributed by atoms with Gasteiger partial charge in [-0.05, 0) is 31.0 Å². The van der Waals surface area contributed by atoms with Crippen LogP contribution in [0.4, 0.5) is 13.2 Å². The van der Waals surface area contributed by atoms with Crippen molar-refractivity contribution < 1.29 is 27.1 Å². The predicted molar refractivity (Wildman–Crippen MR) is 108 cm³/mol. The first-order valence-electron chi connectivity index (χ1n) is 9.32. The third kappa shape index (κ3) is 4.21. The van der Waals surface area contributed by atoms with Crippen molar-refractivity contribution in [3.63, 3.8) is 0 Å². The molecule has 0 aliphatic heterocycles. The first-order valence-corrected chi connectivity index (χ1v) is 9.69. The van der Waals surface area contributed by atoms with Crippen LogP contribution in [0.2, 0.25) is 5.02 Å². The van der Waals surface area contributed by atoms with E-state index >= 15 is 0 Å². The van der Waals surface area contributed by atoms with Crippen LogP contribution >= 0.6 is 11.6 Å². The van der Waals surface area contributed by atoms with Gasteiger partial charge < -0.3 is 9.15 Å². The Bertz CT molecular complexity index is 1150. The largest absolute Gasteiger partial charge is 0.450 e. The summed E-state index contributed by atoms with van der Waals surface area (Å²) in [6, 6.07) is 9.47. The second-order valence-corrected chi connectivity index (χ2v) is 7.11. The molecule has 2 aromatic carbocycles. The molecule has 0 radical (unpaired) electrons. The van der Waals surface area contributed by atoms with Crippen LogP contribution in [0.1, 0.15) is 32.4 Å². The van der Waals surface area contributed by atoms with Gasteiger partial charge in [-0.1, -0.05) is 43.6 Å². The van der Waals surface area contributed by atoms with Crippen molar-refractivity contribution in [3.8, 4) is 16.9 Å². The Hall–Kier alpha value is -2.80. The number of hydrogen-bond acceptors (Lipinski definition) is 4. The number of ether oxygens (including phenoxy) is 1. The Morgan fingerprint density at radius 2 is 1.80 bits per heavy atom. The van der Waals surface area contributed by atoms with E-state index in [1.165, 1.54) is 30.3 Å². The van der Waals surface area contributed by atoms with E-state index in [1.54, 1.807) is 6.07 Å². The molecule has 1 heterocycles. The maximum atomic E-state index is 13.7. The molecule has 0 saturated carbocycles. The molecule has 0 aliphatic rings. The van der Waals surface area contributed by atoms with Crippen LogP contribution in [-0.4, -0.2) is 5.97 Å². The van der Waals surface area contributed by atoms with Gasteiger partial charge in [0.05, 0.1) is 16.9 Å². The normalized spacial score (nSPS) is 11.8. The van der Waals surface area contributed by atoms with Crippen LogP contribution in [0, 0.1) is 5.92 Å². The molecule has 0 unspecified atom stereocenters. The summed E-state index contributed by atoms with van der Waals surface area (Å²) in [5, 5.41) is -0.0920. The number of halogens is 4. The van der Waals surface area contributed by atoms with Crippen molar-refractivity contribution >= 4 is 28.5 Å². The maximum Gasteiger partial charge on any atom is 0.450 e. The van der Waals surface area contributed by atoms with Crippen molar-refractivity contribution in [1.82, 2.24) is 0 Å². The Balaban J connectivity index is 2.19. The first-order chi connectivity index (χ1) is 14.2. The zero-order valence-corrected chi connectivity index (χ0v) is 16.9. The van der Waals surface area contributed by atoms with Crippen LogP contribution in [0.5, 0.6) is 5.75 Å². The summed E-state index contributed by atoms with van der Waals surface area (Å²) in [6.45, 7) is 3.67. The van der Waals surface area contributed by atoms with Crippen LogP contribution in [0.3, 0.4) is 0 Å². The molecule has 0 amide bonds. The summed E-state index contributed by atoms with van der Waals surface area (Å²) >= 11 is 6.04. The number of hydrogen-bond donors (Lipinski definition) is 0. The Labute approximate surface area is 175 Å². The number of fused-ring (bicyclic) bond motifs is 1. The average Bonchev–Trinajstić information content (AvgIpc) is 2.69. The van der Waals surface area contributed by atoms with Crippen LogP contribution in [0.15, 0.2) is 51.7 Å². The minimum absolute atomic E-state index is 0.00108. The van der Waals surface area contributed by atoms with E-state index in [2.05, 4.69) is 0 Å². The number of benzene rings is 2. The number of alkyl halides is 3. The van der Waals surface area contributed by atoms with Gasteiger partial charge in [0.2, 0.25) is 11.2 Å². The van der Waals surface area contributed by atoms with Gasteiger partial charge in [-0.15, -0.1) is 0 Å². The molecule has 158 valence electrons. The lowest BCUT2D eigenvalue weighted by Crippen LogP contribution is -2.19. The average molecular weight is 439 g/mol. The lowest BCUT2D eigenvalue weighted by Gasteiger charge is -2.15. The molecule has 4 nitrogen and oxygen atoms in total. The molecule has 0 spiro atoms. The standard InChI is InChI=1S/C22H18ClF3O4/c1-3-12(4-2)21(28)29-13-9-10-15-17(11-13)30-20(22(24,25)26)18(19(15)27)14-7-5-6-8-16(14)23/h5-12H,3-4H2,1-2H3. The topological polar surface area (TPSA) is 56.5 Å². The Kier molecular flexibility index (Phi) is 6.22. The van der Waals surface area contributed by atoms with Gasteiger partial charge in [-0.3, -0.25) is 9.59 Å². The smallest absolute Gasteiger partial charge is 0.450 e. The molecule has 0 fully saturated rings. The van der Waals surface area contributed by atoms with Crippen molar-refractivity contribution in [2.75, 3.05) is 0 Å². The molecule has 0 bridgehead atoms. The van der Waals surface area contributed by atoms with E-state index in [4.69, 9.17) is 20.8 Å². The van der Waals surface area contributed by atoms with Crippen molar-refractivity contribution in [2.24, 2.45) is 5.92 Å². The molecule has 30 heavy (non-hydrogen) atoms. The van der Waals surface area contributed by atoms with E-state index < -0.39 is 28.9 Å². The summed E-state index contributed by atoms with van der Waals surface area (Å²) in [5.74, 6) is -2.29. The highest BCUT2D eigenvalue weighted by Crippen LogP contribution is 2.39. The van der Waals surface area contributed by atoms with E-state index in [9.17, 15) is 22.8 Å². The van der Waals surface area contributed by atoms with E-state index in [-0.39, 0.29) is 33.2 Å². The molecule has 0 N–H and O–H groups in total. The van der Waals surface area contributed by atoms with Crippen molar-refractivity contribution in [1.29, 1.82) is 0 Å². The molecule has 8 heteroatoms. The predicted octanol–water partition coefficient (Wildman–Crippen LogP) is 6.47. The lowest BCUT2D eigenvalue weighted by molar-refractivity contribution is -0.152. The highest BCUT2D eigenvalue weighted by molar-refractivity contribution is 6.33. The molecular formula is C22H18ClF3O4. The third-order valence-electron chi connectivity index (χ3n) is 4.80.